The van der Waals surface area contributed by atoms with Gasteiger partial charge in [0.25, 0.3) is 0 Å². The second-order valence-electron chi connectivity index (χ2n) is 7.92. The van der Waals surface area contributed by atoms with Crippen molar-refractivity contribution in [1.82, 2.24) is 0 Å². The normalized spacial score (nSPS) is 18.7. The lowest BCUT2D eigenvalue weighted by Gasteiger charge is -2.31. The predicted octanol–water partition coefficient (Wildman–Crippen LogP) is 5.94. The molecule has 0 aromatic heterocycles. The van der Waals surface area contributed by atoms with Crippen LogP contribution in [-0.4, -0.2) is 22.2 Å². The highest BCUT2D eigenvalue weighted by Crippen LogP contribution is 2.59. The average molecular weight is 492 g/mol. The van der Waals surface area contributed by atoms with E-state index in [1.165, 1.54) is 13.8 Å². The van der Waals surface area contributed by atoms with Gasteiger partial charge in [-0.05, 0) is 41.2 Å². The minimum Gasteiger partial charge on any atom is -0.481 e. The maximum atomic E-state index is 15.6. The molecular formula is C23H19F7O4. The molecule has 184 valence electrons. The number of rotatable bonds is 5. The third-order valence-corrected chi connectivity index (χ3v) is 6.14. The second-order valence-corrected chi connectivity index (χ2v) is 7.92. The monoisotopic (exact) mass is 492 g/mol. The summed E-state index contributed by atoms with van der Waals surface area (Å²) in [6.45, 7) is 2.45. The number of benzene rings is 2. The molecule has 1 aliphatic carbocycles. The van der Waals surface area contributed by atoms with Crippen molar-refractivity contribution in [2.75, 3.05) is 0 Å². The molecule has 2 N–H and O–H groups in total. The molecule has 11 heteroatoms. The molecule has 2 aromatic rings. The first-order valence-electron chi connectivity index (χ1n) is 10.2. The van der Waals surface area contributed by atoms with Gasteiger partial charge in [0.2, 0.25) is 0 Å². The molecule has 0 amide bonds. The summed E-state index contributed by atoms with van der Waals surface area (Å²) in [5, 5.41) is 19.2. The molecule has 34 heavy (non-hydrogen) atoms. The van der Waals surface area contributed by atoms with E-state index in [9.17, 15) is 33.0 Å². The van der Waals surface area contributed by atoms with E-state index in [0.29, 0.717) is 6.07 Å². The lowest BCUT2D eigenvalue weighted by Crippen LogP contribution is -2.37. The summed E-state index contributed by atoms with van der Waals surface area (Å²) in [6, 6.07) is 3.72. The van der Waals surface area contributed by atoms with Gasteiger partial charge >= 0.3 is 30.0 Å². The molecule has 0 fully saturated rings. The minimum absolute atomic E-state index is 0.211. The third kappa shape index (κ3) is 3.61. The standard InChI is InChI=1S/C23H19F7O4/c1-3-10-11(4-2)18-13(9-15(10)23(28,29)30)16(17(19(31)32)20(33)34)12-7-5-6-8-14(12)21(24,25)22(18,26)27/h5-9,16-17H,3-4H2,1-2H3,(H,31,32)(H,33,34). The summed E-state index contributed by atoms with van der Waals surface area (Å²) >= 11 is 0. The number of carbonyl (C=O) groups is 2. The Morgan fingerprint density at radius 1 is 0.912 bits per heavy atom. The van der Waals surface area contributed by atoms with Crippen LogP contribution in [-0.2, 0) is 40.5 Å². The summed E-state index contributed by atoms with van der Waals surface area (Å²) in [7, 11) is 0. The van der Waals surface area contributed by atoms with Crippen LogP contribution >= 0.6 is 0 Å². The van der Waals surface area contributed by atoms with Crippen molar-refractivity contribution < 1.29 is 50.5 Å². The first kappa shape index (κ1) is 25.5. The van der Waals surface area contributed by atoms with Crippen molar-refractivity contribution in [1.29, 1.82) is 0 Å². The zero-order valence-electron chi connectivity index (χ0n) is 17.8. The number of carboxylic acid groups (broad SMARTS) is 2. The molecule has 0 saturated heterocycles. The molecule has 1 unspecified atom stereocenters. The van der Waals surface area contributed by atoms with Crippen LogP contribution in [0.15, 0.2) is 30.3 Å². The van der Waals surface area contributed by atoms with Crippen LogP contribution < -0.4 is 0 Å². The summed E-state index contributed by atoms with van der Waals surface area (Å²) < 4.78 is 104. The Bertz CT molecular complexity index is 1140. The lowest BCUT2D eigenvalue weighted by atomic mass is 9.75. The Hall–Kier alpha value is -3.11. The molecule has 1 atom stereocenters. The summed E-state index contributed by atoms with van der Waals surface area (Å²) in [6.07, 6.45) is -6.03. The quantitative estimate of drug-likeness (QED) is 0.400. The van der Waals surface area contributed by atoms with Crippen molar-refractivity contribution in [2.24, 2.45) is 5.92 Å². The number of carboxylic acids is 2. The van der Waals surface area contributed by atoms with Crippen LogP contribution in [0, 0.1) is 5.92 Å². The molecule has 4 nitrogen and oxygen atoms in total. The average Bonchev–Trinajstić information content (AvgIpc) is 2.78. The SMILES string of the molecule is CCc1c(C(F)(F)F)cc2c(c1CC)C(F)(F)C(F)(F)c1ccccc1C2C(C(=O)O)C(=O)O. The molecule has 0 aliphatic heterocycles. The number of aliphatic carboxylic acids is 2. The van der Waals surface area contributed by atoms with Gasteiger partial charge in [-0.3, -0.25) is 9.59 Å². The van der Waals surface area contributed by atoms with E-state index in [0.717, 1.165) is 18.2 Å². The van der Waals surface area contributed by atoms with Gasteiger partial charge in [0, 0.05) is 17.0 Å². The van der Waals surface area contributed by atoms with Gasteiger partial charge in [-0.1, -0.05) is 38.1 Å². The fraction of sp³-hybridized carbons (Fsp3) is 0.391. The van der Waals surface area contributed by atoms with E-state index in [2.05, 4.69) is 0 Å². The first-order valence-corrected chi connectivity index (χ1v) is 10.2. The van der Waals surface area contributed by atoms with Crippen LogP contribution in [0.4, 0.5) is 30.7 Å². The Kier molecular flexibility index (Phi) is 6.21. The number of fused-ring (bicyclic) bond motifs is 2. The Balaban J connectivity index is 2.67. The maximum Gasteiger partial charge on any atom is 0.416 e. The van der Waals surface area contributed by atoms with Crippen molar-refractivity contribution in [3.8, 4) is 0 Å². The van der Waals surface area contributed by atoms with E-state index < -0.39 is 93.6 Å². The second kappa shape index (κ2) is 8.28. The molecule has 0 heterocycles. The Morgan fingerprint density at radius 3 is 1.91 bits per heavy atom. The molecule has 3 rings (SSSR count). The van der Waals surface area contributed by atoms with Crippen molar-refractivity contribution in [3.63, 3.8) is 0 Å². The highest BCUT2D eigenvalue weighted by Gasteiger charge is 2.64. The highest BCUT2D eigenvalue weighted by molar-refractivity contribution is 5.95. The van der Waals surface area contributed by atoms with E-state index in [4.69, 9.17) is 0 Å². The van der Waals surface area contributed by atoms with E-state index in [1.807, 2.05) is 0 Å². The molecule has 2 aromatic carbocycles. The van der Waals surface area contributed by atoms with Crippen LogP contribution in [0.25, 0.3) is 0 Å². The van der Waals surface area contributed by atoms with Crippen LogP contribution in [0.2, 0.25) is 0 Å². The van der Waals surface area contributed by atoms with Crippen LogP contribution in [0.3, 0.4) is 0 Å². The summed E-state index contributed by atoms with van der Waals surface area (Å²) in [5.74, 6) is -19.0. The van der Waals surface area contributed by atoms with Gasteiger partial charge in [0.1, 0.15) is 0 Å². The number of hydrogen-bond donors (Lipinski definition) is 2. The van der Waals surface area contributed by atoms with E-state index >= 15 is 17.6 Å². The zero-order chi connectivity index (χ0) is 25.8. The highest BCUT2D eigenvalue weighted by atomic mass is 19.4. The third-order valence-electron chi connectivity index (χ3n) is 6.14. The minimum atomic E-state index is -5.10. The number of halogens is 7. The molecular weight excluding hydrogens is 473 g/mol. The van der Waals surface area contributed by atoms with Crippen molar-refractivity contribution in [3.05, 3.63) is 69.3 Å². The molecule has 0 spiro atoms. The van der Waals surface area contributed by atoms with Gasteiger partial charge in [0.15, 0.2) is 5.92 Å². The Morgan fingerprint density at radius 2 is 1.44 bits per heavy atom. The lowest BCUT2D eigenvalue weighted by molar-refractivity contribution is -0.224. The maximum absolute atomic E-state index is 15.6. The molecule has 1 aliphatic rings. The Labute approximate surface area is 189 Å². The van der Waals surface area contributed by atoms with Gasteiger partial charge in [-0.2, -0.15) is 30.7 Å². The first-order chi connectivity index (χ1) is 15.6. The van der Waals surface area contributed by atoms with Gasteiger partial charge in [-0.25, -0.2) is 0 Å². The molecule has 0 bridgehead atoms. The van der Waals surface area contributed by atoms with Gasteiger partial charge in [0.05, 0.1) is 5.56 Å². The predicted molar refractivity (Wildman–Crippen MR) is 105 cm³/mol. The number of hydrogen-bond acceptors (Lipinski definition) is 2. The van der Waals surface area contributed by atoms with Gasteiger partial charge < -0.3 is 10.2 Å². The van der Waals surface area contributed by atoms with Crippen molar-refractivity contribution in [2.45, 2.75) is 50.6 Å². The van der Waals surface area contributed by atoms with Gasteiger partial charge in [-0.15, -0.1) is 0 Å². The van der Waals surface area contributed by atoms with E-state index in [-0.39, 0.29) is 6.07 Å². The largest absolute Gasteiger partial charge is 0.481 e. The smallest absolute Gasteiger partial charge is 0.416 e. The molecule has 0 radical (unpaired) electrons. The van der Waals surface area contributed by atoms with Crippen molar-refractivity contribution >= 4 is 11.9 Å². The molecule has 0 saturated carbocycles. The van der Waals surface area contributed by atoms with Crippen LogP contribution in [0.5, 0.6) is 0 Å². The number of alkyl halides is 7. The summed E-state index contributed by atoms with van der Waals surface area (Å²) in [4.78, 5) is 23.8. The fourth-order valence-corrected chi connectivity index (χ4v) is 4.76. The summed E-state index contributed by atoms with van der Waals surface area (Å²) in [5.41, 5.74) is -7.42. The van der Waals surface area contributed by atoms with E-state index in [1.54, 1.807) is 0 Å². The topological polar surface area (TPSA) is 74.6 Å². The van der Waals surface area contributed by atoms with Crippen LogP contribution in [0.1, 0.15) is 58.7 Å². The zero-order valence-corrected chi connectivity index (χ0v) is 17.8. The fourth-order valence-electron chi connectivity index (χ4n) is 4.76.